The van der Waals surface area contributed by atoms with Gasteiger partial charge in [-0.3, -0.25) is 9.59 Å². The molecule has 0 aliphatic heterocycles. The summed E-state index contributed by atoms with van der Waals surface area (Å²) in [5.41, 5.74) is 0. The molecule has 4 saturated carbocycles. The molecular formula is C16H22O4. The molecule has 0 aromatic heterocycles. The molecule has 4 aliphatic carbocycles. The van der Waals surface area contributed by atoms with E-state index < -0.39 is 11.9 Å². The maximum absolute atomic E-state index is 11.7. The summed E-state index contributed by atoms with van der Waals surface area (Å²) in [6, 6.07) is 0. The van der Waals surface area contributed by atoms with Crippen LogP contribution in [-0.4, -0.2) is 22.2 Å². The molecule has 4 heteroatoms. The molecule has 0 radical (unpaired) electrons. The lowest BCUT2D eigenvalue weighted by molar-refractivity contribution is -0.149. The molecule has 0 spiro atoms. The zero-order valence-electron chi connectivity index (χ0n) is 11.6. The van der Waals surface area contributed by atoms with Gasteiger partial charge in [0.1, 0.15) is 0 Å². The van der Waals surface area contributed by atoms with Gasteiger partial charge in [-0.15, -0.1) is 0 Å². The van der Waals surface area contributed by atoms with Gasteiger partial charge in [0.15, 0.2) is 0 Å². The van der Waals surface area contributed by atoms with Crippen LogP contribution in [-0.2, 0) is 9.59 Å². The molecule has 2 N–H and O–H groups in total. The van der Waals surface area contributed by atoms with Crippen LogP contribution in [0.5, 0.6) is 0 Å². The Morgan fingerprint density at radius 2 is 1.60 bits per heavy atom. The maximum atomic E-state index is 11.7. The van der Waals surface area contributed by atoms with Crippen LogP contribution in [0.1, 0.15) is 38.5 Å². The van der Waals surface area contributed by atoms with Crippen LogP contribution in [0.25, 0.3) is 0 Å². The van der Waals surface area contributed by atoms with E-state index in [4.69, 9.17) is 5.11 Å². The summed E-state index contributed by atoms with van der Waals surface area (Å²) in [6.45, 7) is 0. The van der Waals surface area contributed by atoms with Gasteiger partial charge >= 0.3 is 11.9 Å². The van der Waals surface area contributed by atoms with E-state index in [2.05, 4.69) is 0 Å². The Bertz CT molecular complexity index is 459. The lowest BCUT2D eigenvalue weighted by atomic mass is 9.62. The first kappa shape index (κ1) is 12.7. The van der Waals surface area contributed by atoms with Gasteiger partial charge < -0.3 is 10.2 Å². The van der Waals surface area contributed by atoms with Crippen LogP contribution >= 0.6 is 0 Å². The Labute approximate surface area is 118 Å². The van der Waals surface area contributed by atoms with Gasteiger partial charge in [0.2, 0.25) is 0 Å². The second kappa shape index (κ2) is 4.22. The van der Waals surface area contributed by atoms with Crippen molar-refractivity contribution < 1.29 is 19.8 Å². The van der Waals surface area contributed by atoms with Crippen molar-refractivity contribution in [2.75, 3.05) is 0 Å². The van der Waals surface area contributed by atoms with Crippen molar-refractivity contribution in [1.82, 2.24) is 0 Å². The highest BCUT2D eigenvalue weighted by atomic mass is 16.4. The number of aliphatic carboxylic acids is 2. The molecule has 0 amide bonds. The van der Waals surface area contributed by atoms with Crippen molar-refractivity contribution in [1.29, 1.82) is 0 Å². The molecule has 4 bridgehead atoms. The number of hydrogen-bond donors (Lipinski definition) is 2. The van der Waals surface area contributed by atoms with Crippen molar-refractivity contribution >= 4 is 11.9 Å². The van der Waals surface area contributed by atoms with Crippen LogP contribution in [0.3, 0.4) is 0 Å². The van der Waals surface area contributed by atoms with Crippen LogP contribution in [0, 0.1) is 47.3 Å². The molecule has 4 rings (SSSR count). The zero-order chi connectivity index (χ0) is 14.0. The average molecular weight is 278 g/mol. The summed E-state index contributed by atoms with van der Waals surface area (Å²) < 4.78 is 0. The number of carbonyl (C=O) groups is 2. The highest BCUT2D eigenvalue weighted by molar-refractivity contribution is 5.72. The fourth-order valence-corrected chi connectivity index (χ4v) is 6.76. The monoisotopic (exact) mass is 278 g/mol. The van der Waals surface area contributed by atoms with Gasteiger partial charge in [-0.1, -0.05) is 0 Å². The summed E-state index contributed by atoms with van der Waals surface area (Å²) in [5.74, 6) is 2.22. The molecule has 20 heavy (non-hydrogen) atoms. The van der Waals surface area contributed by atoms with E-state index >= 15 is 0 Å². The minimum absolute atomic E-state index is 0.120. The molecule has 0 aromatic carbocycles. The van der Waals surface area contributed by atoms with E-state index in [9.17, 15) is 14.7 Å². The minimum atomic E-state index is -0.790. The van der Waals surface area contributed by atoms with E-state index in [1.54, 1.807) is 0 Å². The smallest absolute Gasteiger partial charge is 0.307 e. The first-order chi connectivity index (χ1) is 9.58. The topological polar surface area (TPSA) is 74.6 Å². The average Bonchev–Trinajstić information content (AvgIpc) is 3.11. The Hall–Kier alpha value is -1.06. The summed E-state index contributed by atoms with van der Waals surface area (Å²) in [5, 5.41) is 18.5. The molecule has 0 unspecified atom stereocenters. The quantitative estimate of drug-likeness (QED) is 0.775. The Morgan fingerprint density at radius 1 is 0.950 bits per heavy atom. The van der Waals surface area contributed by atoms with Crippen molar-refractivity contribution in [3.63, 3.8) is 0 Å². The van der Waals surface area contributed by atoms with E-state index in [1.807, 2.05) is 0 Å². The number of hydrogen-bond acceptors (Lipinski definition) is 2. The predicted octanol–water partition coefficient (Wildman–Crippen LogP) is 2.48. The van der Waals surface area contributed by atoms with Crippen LogP contribution < -0.4 is 0 Å². The standard InChI is InChI=1S/C16H22O4/c17-12(18)4-3-9-10-6-11(15(9)16(19)20)14-8-2-1-7(5-8)13(10)14/h7-11,13-15H,1-6H2,(H,17,18)(H,19,20)/t7-,8-,9-,10+,11-,13-,14-,15-/m0/s1. The number of fused-ring (bicyclic) bond motifs is 9. The van der Waals surface area contributed by atoms with E-state index in [1.165, 1.54) is 19.3 Å². The summed E-state index contributed by atoms with van der Waals surface area (Å²) in [6.07, 6.45) is 5.71. The van der Waals surface area contributed by atoms with Gasteiger partial charge in [0, 0.05) is 6.42 Å². The molecule has 4 fully saturated rings. The molecule has 110 valence electrons. The Balaban J connectivity index is 1.60. The molecule has 0 saturated heterocycles. The van der Waals surface area contributed by atoms with Crippen molar-refractivity contribution in [3.8, 4) is 0 Å². The molecular weight excluding hydrogens is 256 g/mol. The number of carboxylic acids is 2. The second-order valence-electron chi connectivity index (χ2n) is 7.51. The van der Waals surface area contributed by atoms with Crippen molar-refractivity contribution in [2.45, 2.75) is 38.5 Å². The minimum Gasteiger partial charge on any atom is -0.481 e. The van der Waals surface area contributed by atoms with Crippen LogP contribution in [0.2, 0.25) is 0 Å². The largest absolute Gasteiger partial charge is 0.481 e. The van der Waals surface area contributed by atoms with Gasteiger partial charge in [-0.2, -0.15) is 0 Å². The normalized spacial score (nSPS) is 51.4. The van der Waals surface area contributed by atoms with E-state index in [0.717, 1.165) is 24.2 Å². The number of carboxylic acid groups (broad SMARTS) is 2. The summed E-state index contributed by atoms with van der Waals surface area (Å²) >= 11 is 0. The summed E-state index contributed by atoms with van der Waals surface area (Å²) in [4.78, 5) is 22.5. The molecule has 4 aliphatic rings. The predicted molar refractivity (Wildman–Crippen MR) is 70.9 cm³/mol. The molecule has 0 aromatic rings. The van der Waals surface area contributed by atoms with Gasteiger partial charge in [-0.05, 0) is 73.5 Å². The maximum Gasteiger partial charge on any atom is 0.307 e. The zero-order valence-corrected chi connectivity index (χ0v) is 11.6. The molecule has 0 heterocycles. The van der Waals surface area contributed by atoms with Gasteiger partial charge in [0.25, 0.3) is 0 Å². The first-order valence-corrected chi connectivity index (χ1v) is 8.02. The van der Waals surface area contributed by atoms with Crippen LogP contribution in [0.15, 0.2) is 0 Å². The summed E-state index contributed by atoms with van der Waals surface area (Å²) in [7, 11) is 0. The molecule has 4 nitrogen and oxygen atoms in total. The van der Waals surface area contributed by atoms with E-state index in [0.29, 0.717) is 24.2 Å². The first-order valence-electron chi connectivity index (χ1n) is 8.02. The fraction of sp³-hybridized carbons (Fsp3) is 0.875. The third-order valence-corrected chi connectivity index (χ3v) is 7.03. The fourth-order valence-electron chi connectivity index (χ4n) is 6.76. The lowest BCUT2D eigenvalue weighted by Gasteiger charge is -2.41. The SMILES string of the molecule is O=C(O)CC[C@H]1[C@H]2C[C@H]([C@H]1C(=O)O)[C@@H]1[C@H]3CC[C@@H](C3)[C@@H]21. The second-order valence-corrected chi connectivity index (χ2v) is 7.51. The third-order valence-electron chi connectivity index (χ3n) is 7.03. The third kappa shape index (κ3) is 1.54. The van der Waals surface area contributed by atoms with E-state index in [-0.39, 0.29) is 18.3 Å². The van der Waals surface area contributed by atoms with Crippen molar-refractivity contribution in [3.05, 3.63) is 0 Å². The lowest BCUT2D eigenvalue weighted by Crippen LogP contribution is -2.41. The Kier molecular flexibility index (Phi) is 2.67. The van der Waals surface area contributed by atoms with Gasteiger partial charge in [-0.25, -0.2) is 0 Å². The number of rotatable bonds is 4. The highest BCUT2D eigenvalue weighted by Gasteiger charge is 2.66. The van der Waals surface area contributed by atoms with Crippen molar-refractivity contribution in [2.24, 2.45) is 47.3 Å². The van der Waals surface area contributed by atoms with Crippen LogP contribution in [0.4, 0.5) is 0 Å². The molecule has 8 atom stereocenters. The highest BCUT2D eigenvalue weighted by Crippen LogP contribution is 2.70. The van der Waals surface area contributed by atoms with Gasteiger partial charge in [0.05, 0.1) is 5.92 Å². The Morgan fingerprint density at radius 3 is 2.20 bits per heavy atom.